The third kappa shape index (κ3) is 2.50. The first-order valence-electron chi connectivity index (χ1n) is 7.57. The maximum atomic E-state index is 11.1. The highest BCUT2D eigenvalue weighted by molar-refractivity contribution is 5.88. The van der Waals surface area contributed by atoms with Crippen molar-refractivity contribution in [2.75, 3.05) is 10.6 Å². The van der Waals surface area contributed by atoms with E-state index < -0.39 is 0 Å². The summed E-state index contributed by atoms with van der Waals surface area (Å²) in [5.74, 6) is 1.46. The summed E-state index contributed by atoms with van der Waals surface area (Å²) in [6.45, 7) is 1.49. The van der Waals surface area contributed by atoms with Crippen LogP contribution in [-0.4, -0.2) is 25.5 Å². The summed E-state index contributed by atoms with van der Waals surface area (Å²) in [5, 5.41) is 10.5. The van der Waals surface area contributed by atoms with E-state index in [1.807, 2.05) is 24.3 Å². The number of aromatic nitrogens is 4. The molecule has 3 aromatic rings. The monoisotopic (exact) mass is 308 g/mol. The van der Waals surface area contributed by atoms with E-state index in [0.717, 1.165) is 42.1 Å². The van der Waals surface area contributed by atoms with Crippen molar-refractivity contribution in [2.45, 2.75) is 26.2 Å². The number of hydrogen-bond donors (Lipinski definition) is 2. The van der Waals surface area contributed by atoms with Crippen LogP contribution in [0, 0.1) is 0 Å². The molecule has 7 heteroatoms. The van der Waals surface area contributed by atoms with E-state index in [2.05, 4.69) is 25.7 Å². The van der Waals surface area contributed by atoms with Gasteiger partial charge in [0.15, 0.2) is 0 Å². The number of nitrogens with one attached hydrogen (secondary N) is 2. The van der Waals surface area contributed by atoms with E-state index in [0.29, 0.717) is 5.78 Å². The normalized spacial score (nSPS) is 13.1. The minimum absolute atomic E-state index is 0.0815. The van der Waals surface area contributed by atoms with Crippen LogP contribution in [-0.2, 0) is 17.6 Å². The van der Waals surface area contributed by atoms with Crippen molar-refractivity contribution in [1.82, 2.24) is 19.6 Å². The lowest BCUT2D eigenvalue weighted by molar-refractivity contribution is -0.114. The van der Waals surface area contributed by atoms with Crippen molar-refractivity contribution in [3.63, 3.8) is 0 Å². The van der Waals surface area contributed by atoms with Gasteiger partial charge >= 0.3 is 0 Å². The Labute approximate surface area is 132 Å². The van der Waals surface area contributed by atoms with Crippen molar-refractivity contribution in [2.24, 2.45) is 0 Å². The summed E-state index contributed by atoms with van der Waals surface area (Å²) in [6.07, 6.45) is 4.59. The highest BCUT2D eigenvalue weighted by Crippen LogP contribution is 2.30. The molecule has 1 aliphatic rings. The maximum Gasteiger partial charge on any atom is 0.254 e. The molecule has 0 atom stereocenters. The van der Waals surface area contributed by atoms with Crippen molar-refractivity contribution in [3.8, 4) is 0 Å². The van der Waals surface area contributed by atoms with Gasteiger partial charge in [-0.05, 0) is 43.5 Å². The molecule has 0 radical (unpaired) electrons. The number of benzene rings is 1. The van der Waals surface area contributed by atoms with Crippen LogP contribution in [0.25, 0.3) is 5.78 Å². The Morgan fingerprint density at radius 1 is 1.17 bits per heavy atom. The molecule has 1 amide bonds. The Bertz CT molecular complexity index is 883. The molecule has 0 aliphatic heterocycles. The molecule has 1 aliphatic carbocycles. The first-order chi connectivity index (χ1) is 11.2. The van der Waals surface area contributed by atoms with Gasteiger partial charge in [0.05, 0.1) is 5.69 Å². The minimum atomic E-state index is -0.0815. The van der Waals surface area contributed by atoms with Crippen molar-refractivity contribution >= 4 is 28.9 Å². The van der Waals surface area contributed by atoms with Crippen LogP contribution >= 0.6 is 0 Å². The number of fused-ring (bicyclic) bond motifs is 2. The summed E-state index contributed by atoms with van der Waals surface area (Å²) < 4.78 is 1.74. The molecule has 0 saturated heterocycles. The number of carbonyl (C=O) groups excluding carboxylic acids is 1. The molecule has 0 fully saturated rings. The number of nitrogens with zero attached hydrogens (tertiary/aromatic N) is 4. The zero-order valence-corrected chi connectivity index (χ0v) is 12.7. The molecule has 2 N–H and O–H groups in total. The molecule has 2 aromatic heterocycles. The molecule has 23 heavy (non-hydrogen) atoms. The summed E-state index contributed by atoms with van der Waals surface area (Å²) >= 11 is 0. The summed E-state index contributed by atoms with van der Waals surface area (Å²) in [7, 11) is 0. The third-order valence-corrected chi connectivity index (χ3v) is 3.92. The summed E-state index contributed by atoms with van der Waals surface area (Å²) in [4.78, 5) is 19.8. The third-order valence-electron chi connectivity index (χ3n) is 3.92. The van der Waals surface area contributed by atoms with Gasteiger partial charge in [-0.1, -0.05) is 0 Å². The molecule has 0 saturated carbocycles. The van der Waals surface area contributed by atoms with Crippen LogP contribution in [0.1, 0.15) is 24.6 Å². The Morgan fingerprint density at radius 3 is 2.74 bits per heavy atom. The molecular weight excluding hydrogens is 292 g/mol. The first kappa shape index (κ1) is 13.7. The van der Waals surface area contributed by atoms with Gasteiger partial charge in [-0.25, -0.2) is 4.98 Å². The summed E-state index contributed by atoms with van der Waals surface area (Å²) in [6, 6.07) is 7.58. The average Bonchev–Trinajstić information content (AvgIpc) is 3.17. The van der Waals surface area contributed by atoms with Gasteiger partial charge in [-0.15, -0.1) is 0 Å². The largest absolute Gasteiger partial charge is 0.340 e. The van der Waals surface area contributed by atoms with Crippen molar-refractivity contribution < 1.29 is 4.79 Å². The SMILES string of the molecule is CC(=O)Nc1ccc(Nc2c3c(nc4ncnn24)CCC3)cc1. The maximum absolute atomic E-state index is 11.1. The zero-order chi connectivity index (χ0) is 15.8. The number of anilines is 3. The van der Waals surface area contributed by atoms with Crippen LogP contribution in [0.15, 0.2) is 30.6 Å². The molecule has 0 spiro atoms. The van der Waals surface area contributed by atoms with E-state index in [1.54, 1.807) is 4.52 Å². The van der Waals surface area contributed by atoms with Gasteiger partial charge in [0.1, 0.15) is 12.1 Å². The van der Waals surface area contributed by atoms with E-state index in [1.165, 1.54) is 18.8 Å². The summed E-state index contributed by atoms with van der Waals surface area (Å²) in [5.41, 5.74) is 4.00. The van der Waals surface area contributed by atoms with Gasteiger partial charge in [-0.2, -0.15) is 14.6 Å². The standard InChI is InChI=1S/C16H16N6O/c1-10(23)19-11-5-7-12(8-6-11)20-15-13-3-2-4-14(13)21-16-17-9-18-22(15)16/h5-9,20H,2-4H2,1H3,(H,19,23). The molecular formula is C16H16N6O. The fraction of sp³-hybridized carbons (Fsp3) is 0.250. The lowest BCUT2D eigenvalue weighted by atomic mass is 10.2. The molecule has 4 rings (SSSR count). The van der Waals surface area contributed by atoms with Gasteiger partial charge in [-0.3, -0.25) is 4.79 Å². The number of amides is 1. The van der Waals surface area contributed by atoms with E-state index in [9.17, 15) is 4.79 Å². The quantitative estimate of drug-likeness (QED) is 0.775. The second kappa shape index (κ2) is 5.35. The Balaban J connectivity index is 1.70. The van der Waals surface area contributed by atoms with E-state index in [-0.39, 0.29) is 5.91 Å². The topological polar surface area (TPSA) is 84.2 Å². The second-order valence-electron chi connectivity index (χ2n) is 5.59. The highest BCUT2D eigenvalue weighted by Gasteiger charge is 2.21. The lowest BCUT2D eigenvalue weighted by Crippen LogP contribution is -2.07. The Hall–Kier alpha value is -2.96. The average molecular weight is 308 g/mol. The van der Waals surface area contributed by atoms with Gasteiger partial charge < -0.3 is 10.6 Å². The second-order valence-corrected chi connectivity index (χ2v) is 5.59. The van der Waals surface area contributed by atoms with Gasteiger partial charge in [0.2, 0.25) is 5.91 Å². The predicted octanol–water partition coefficient (Wildman–Crippen LogP) is 2.31. The Morgan fingerprint density at radius 2 is 1.96 bits per heavy atom. The fourth-order valence-corrected chi connectivity index (χ4v) is 2.93. The zero-order valence-electron chi connectivity index (χ0n) is 12.7. The minimum Gasteiger partial charge on any atom is -0.340 e. The smallest absolute Gasteiger partial charge is 0.254 e. The fourth-order valence-electron chi connectivity index (χ4n) is 2.93. The molecule has 2 heterocycles. The first-order valence-corrected chi connectivity index (χ1v) is 7.57. The Kier molecular flexibility index (Phi) is 3.18. The molecule has 1 aromatic carbocycles. The molecule has 0 bridgehead atoms. The van der Waals surface area contributed by atoms with E-state index in [4.69, 9.17) is 0 Å². The highest BCUT2D eigenvalue weighted by atomic mass is 16.1. The van der Waals surface area contributed by atoms with Crippen LogP contribution < -0.4 is 10.6 Å². The number of rotatable bonds is 3. The predicted molar refractivity (Wildman–Crippen MR) is 86.8 cm³/mol. The number of aryl methyl sites for hydroxylation is 1. The van der Waals surface area contributed by atoms with Crippen LogP contribution in [0.5, 0.6) is 0 Å². The van der Waals surface area contributed by atoms with Gasteiger partial charge in [0, 0.05) is 23.9 Å². The molecule has 7 nitrogen and oxygen atoms in total. The molecule has 0 unspecified atom stereocenters. The van der Waals surface area contributed by atoms with Gasteiger partial charge in [0.25, 0.3) is 5.78 Å². The van der Waals surface area contributed by atoms with Crippen LogP contribution in [0.4, 0.5) is 17.2 Å². The van der Waals surface area contributed by atoms with Crippen molar-refractivity contribution in [1.29, 1.82) is 0 Å². The van der Waals surface area contributed by atoms with Crippen molar-refractivity contribution in [3.05, 3.63) is 41.9 Å². The lowest BCUT2D eigenvalue weighted by Gasteiger charge is -2.13. The molecule has 116 valence electrons. The van der Waals surface area contributed by atoms with E-state index >= 15 is 0 Å². The number of hydrogen-bond acceptors (Lipinski definition) is 5. The van der Waals surface area contributed by atoms with Crippen LogP contribution in [0.2, 0.25) is 0 Å². The van der Waals surface area contributed by atoms with Crippen LogP contribution in [0.3, 0.4) is 0 Å². The number of carbonyl (C=O) groups is 1.